The van der Waals surface area contributed by atoms with Gasteiger partial charge < -0.3 is 10.0 Å². The number of aliphatic hydroxyl groups excluding tert-OH is 1. The average Bonchev–Trinajstić information content (AvgIpc) is 2.37. The first-order chi connectivity index (χ1) is 8.31. The normalized spacial score (nSPS) is 10.5. The van der Waals surface area contributed by atoms with Crippen LogP contribution in [0.1, 0.15) is 25.3 Å². The van der Waals surface area contributed by atoms with Crippen molar-refractivity contribution in [2.75, 3.05) is 30.5 Å². The molecule has 0 aliphatic carbocycles. The lowest BCUT2D eigenvalue weighted by molar-refractivity contribution is 0.288. The Kier molecular flexibility index (Phi) is 7.06. The fourth-order valence-electron chi connectivity index (χ4n) is 1.90. The summed E-state index contributed by atoms with van der Waals surface area (Å²) in [5.74, 6) is 0.659. The highest BCUT2D eigenvalue weighted by atomic mass is 35.5. The highest BCUT2D eigenvalue weighted by Gasteiger charge is 2.04. The lowest BCUT2D eigenvalue weighted by Gasteiger charge is -2.23. The molecule has 0 aliphatic rings. The molecule has 3 heteroatoms. The lowest BCUT2D eigenvalue weighted by atomic mass is 10.1. The summed E-state index contributed by atoms with van der Waals surface area (Å²) in [5.41, 5.74) is 2.52. The summed E-state index contributed by atoms with van der Waals surface area (Å²) in [5, 5.41) is 8.79. The molecule has 96 valence electrons. The van der Waals surface area contributed by atoms with E-state index in [1.54, 1.807) is 0 Å². The van der Waals surface area contributed by atoms with Gasteiger partial charge in [0.2, 0.25) is 0 Å². The smallest absolute Gasteiger partial charge is 0.0434 e. The number of anilines is 1. The van der Waals surface area contributed by atoms with Crippen molar-refractivity contribution in [2.45, 2.75) is 26.2 Å². The Morgan fingerprint density at radius 2 is 1.88 bits per heavy atom. The number of halogens is 1. The largest absolute Gasteiger partial charge is 0.396 e. The maximum absolute atomic E-state index is 8.79. The second-order valence-electron chi connectivity index (χ2n) is 4.17. The third kappa shape index (κ3) is 4.97. The zero-order chi connectivity index (χ0) is 12.5. The molecule has 2 nitrogen and oxygen atoms in total. The van der Waals surface area contributed by atoms with Gasteiger partial charge in [0, 0.05) is 31.3 Å². The van der Waals surface area contributed by atoms with Crippen LogP contribution in [0.25, 0.3) is 0 Å². The van der Waals surface area contributed by atoms with Gasteiger partial charge in [0.1, 0.15) is 0 Å². The monoisotopic (exact) mass is 255 g/mol. The van der Waals surface area contributed by atoms with Gasteiger partial charge in [-0.15, -0.1) is 11.6 Å². The van der Waals surface area contributed by atoms with E-state index in [2.05, 4.69) is 36.1 Å². The second-order valence-corrected chi connectivity index (χ2v) is 4.55. The molecule has 0 atom stereocenters. The maximum atomic E-state index is 8.79. The topological polar surface area (TPSA) is 23.5 Å². The van der Waals surface area contributed by atoms with E-state index < -0.39 is 0 Å². The highest BCUT2D eigenvalue weighted by Crippen LogP contribution is 2.16. The molecular weight excluding hydrogens is 234 g/mol. The first-order valence-corrected chi connectivity index (χ1v) is 6.86. The molecule has 17 heavy (non-hydrogen) atoms. The molecule has 0 aliphatic heterocycles. The summed E-state index contributed by atoms with van der Waals surface area (Å²) >= 11 is 5.81. The zero-order valence-electron chi connectivity index (χ0n) is 10.5. The summed E-state index contributed by atoms with van der Waals surface area (Å²) in [4.78, 5) is 2.31. The predicted molar refractivity (Wildman–Crippen MR) is 75.1 cm³/mol. The molecule has 1 N–H and O–H groups in total. The Balaban J connectivity index is 2.63. The minimum atomic E-state index is 0.260. The van der Waals surface area contributed by atoms with Gasteiger partial charge in [-0.25, -0.2) is 0 Å². The summed E-state index contributed by atoms with van der Waals surface area (Å²) < 4.78 is 0. The number of benzene rings is 1. The molecule has 0 saturated heterocycles. The Morgan fingerprint density at radius 3 is 2.41 bits per heavy atom. The van der Waals surface area contributed by atoms with Gasteiger partial charge in [-0.3, -0.25) is 0 Å². The van der Waals surface area contributed by atoms with E-state index >= 15 is 0 Å². The molecule has 0 radical (unpaired) electrons. The van der Waals surface area contributed by atoms with Crippen molar-refractivity contribution in [2.24, 2.45) is 0 Å². The van der Waals surface area contributed by atoms with Crippen molar-refractivity contribution in [3.05, 3.63) is 29.8 Å². The van der Waals surface area contributed by atoms with Gasteiger partial charge in [0.25, 0.3) is 0 Å². The summed E-state index contributed by atoms with van der Waals surface area (Å²) in [7, 11) is 0. The zero-order valence-corrected chi connectivity index (χ0v) is 11.3. The molecule has 1 aromatic carbocycles. The van der Waals surface area contributed by atoms with E-state index in [1.807, 2.05) is 0 Å². The fourth-order valence-corrected chi connectivity index (χ4v) is 2.10. The average molecular weight is 256 g/mol. The van der Waals surface area contributed by atoms with Crippen molar-refractivity contribution >= 4 is 17.3 Å². The van der Waals surface area contributed by atoms with Crippen LogP contribution in [-0.2, 0) is 6.42 Å². The van der Waals surface area contributed by atoms with E-state index in [0.717, 1.165) is 32.4 Å². The summed E-state index contributed by atoms with van der Waals surface area (Å²) in [6, 6.07) is 8.58. The molecule has 0 aromatic heterocycles. The number of hydrogen-bond acceptors (Lipinski definition) is 2. The van der Waals surface area contributed by atoms with Crippen molar-refractivity contribution in [3.8, 4) is 0 Å². The molecular formula is C14H22ClNO. The number of nitrogens with zero attached hydrogens (tertiary/aromatic N) is 1. The molecule has 1 aromatic rings. The minimum absolute atomic E-state index is 0.260. The Bertz CT molecular complexity index is 294. The first kappa shape index (κ1) is 14.3. The van der Waals surface area contributed by atoms with Gasteiger partial charge in [-0.1, -0.05) is 19.1 Å². The molecule has 1 rings (SSSR count). The van der Waals surface area contributed by atoms with Crippen molar-refractivity contribution in [1.82, 2.24) is 0 Å². The fraction of sp³-hybridized carbons (Fsp3) is 0.571. The van der Waals surface area contributed by atoms with Crippen molar-refractivity contribution in [3.63, 3.8) is 0 Å². The third-order valence-electron chi connectivity index (χ3n) is 2.77. The highest BCUT2D eigenvalue weighted by molar-refractivity contribution is 6.18. The SMILES string of the molecule is CCCN(CCCl)c1ccc(CCCO)cc1. The van der Waals surface area contributed by atoms with Crippen molar-refractivity contribution in [1.29, 1.82) is 0 Å². The molecule has 0 bridgehead atoms. The molecule has 0 saturated carbocycles. The van der Waals surface area contributed by atoms with Gasteiger partial charge in [-0.2, -0.15) is 0 Å². The number of aliphatic hydroxyl groups is 1. The number of aryl methyl sites for hydroxylation is 1. The molecule has 0 spiro atoms. The summed E-state index contributed by atoms with van der Waals surface area (Å²) in [6.07, 6.45) is 2.91. The van der Waals surface area contributed by atoms with E-state index in [4.69, 9.17) is 16.7 Å². The minimum Gasteiger partial charge on any atom is -0.396 e. The summed E-state index contributed by atoms with van der Waals surface area (Å²) in [6.45, 7) is 4.38. The third-order valence-corrected chi connectivity index (χ3v) is 2.94. The molecule has 0 heterocycles. The van der Waals surface area contributed by atoms with Crippen LogP contribution in [0.5, 0.6) is 0 Å². The van der Waals surface area contributed by atoms with Crippen LogP contribution in [0.15, 0.2) is 24.3 Å². The van der Waals surface area contributed by atoms with Crippen LogP contribution in [0, 0.1) is 0 Å². The van der Waals surface area contributed by atoms with Crippen LogP contribution in [-0.4, -0.2) is 30.7 Å². The molecule has 0 unspecified atom stereocenters. The predicted octanol–water partition coefficient (Wildman–Crippen LogP) is 3.07. The molecule has 0 amide bonds. The second kappa shape index (κ2) is 8.37. The van der Waals surface area contributed by atoms with E-state index in [0.29, 0.717) is 5.88 Å². The Hall–Kier alpha value is -0.730. The molecule has 0 fully saturated rings. The van der Waals surface area contributed by atoms with Gasteiger partial charge in [0.15, 0.2) is 0 Å². The number of rotatable bonds is 8. The Morgan fingerprint density at radius 1 is 1.18 bits per heavy atom. The van der Waals surface area contributed by atoms with Gasteiger partial charge >= 0.3 is 0 Å². The maximum Gasteiger partial charge on any atom is 0.0434 e. The van der Waals surface area contributed by atoms with Gasteiger partial charge in [0.05, 0.1) is 0 Å². The van der Waals surface area contributed by atoms with Crippen molar-refractivity contribution < 1.29 is 5.11 Å². The number of hydrogen-bond donors (Lipinski definition) is 1. The van der Waals surface area contributed by atoms with Crippen LogP contribution >= 0.6 is 11.6 Å². The van der Waals surface area contributed by atoms with Crippen LogP contribution in [0.2, 0.25) is 0 Å². The standard InChI is InChI=1S/C14H22ClNO/c1-2-10-16(11-9-15)14-7-5-13(6-8-14)4-3-12-17/h5-8,17H,2-4,9-12H2,1H3. The van der Waals surface area contributed by atoms with E-state index in [1.165, 1.54) is 11.3 Å². The lowest BCUT2D eigenvalue weighted by Crippen LogP contribution is -2.26. The van der Waals surface area contributed by atoms with Crippen LogP contribution in [0.4, 0.5) is 5.69 Å². The van der Waals surface area contributed by atoms with Crippen LogP contribution in [0.3, 0.4) is 0 Å². The quantitative estimate of drug-likeness (QED) is 0.722. The van der Waals surface area contributed by atoms with Crippen LogP contribution < -0.4 is 4.90 Å². The van der Waals surface area contributed by atoms with Gasteiger partial charge in [-0.05, 0) is 37.0 Å². The van der Waals surface area contributed by atoms with E-state index in [-0.39, 0.29) is 6.61 Å². The first-order valence-electron chi connectivity index (χ1n) is 6.32. The number of alkyl halides is 1. The Labute approximate surface area is 109 Å². The van der Waals surface area contributed by atoms with E-state index in [9.17, 15) is 0 Å².